The fraction of sp³-hybridized carbons (Fsp3) is 0.391. The third-order valence-corrected chi connectivity index (χ3v) is 6.12. The number of carbonyl (C=O) groups is 2. The summed E-state index contributed by atoms with van der Waals surface area (Å²) in [6.07, 6.45) is 1.96. The maximum atomic E-state index is 13.0. The van der Waals surface area contributed by atoms with E-state index in [-0.39, 0.29) is 11.8 Å². The zero-order valence-electron chi connectivity index (χ0n) is 17.1. The first kappa shape index (κ1) is 23.5. The lowest BCUT2D eigenvalue weighted by atomic mass is 10.1. The highest BCUT2D eigenvalue weighted by molar-refractivity contribution is 9.10. The van der Waals surface area contributed by atoms with Gasteiger partial charge in [0.1, 0.15) is 6.04 Å². The zero-order valence-corrected chi connectivity index (χ0v) is 19.5. The first-order valence-corrected chi connectivity index (χ1v) is 11.9. The number of hydrogen-bond acceptors (Lipinski definition) is 3. The molecule has 0 aliphatic carbocycles. The van der Waals surface area contributed by atoms with Crippen LogP contribution < -0.4 is 5.32 Å². The summed E-state index contributed by atoms with van der Waals surface area (Å²) in [7, 11) is 0. The van der Waals surface area contributed by atoms with Crippen molar-refractivity contribution in [1.82, 2.24) is 10.2 Å². The molecule has 0 aliphatic rings. The van der Waals surface area contributed by atoms with Gasteiger partial charge in [-0.25, -0.2) is 0 Å². The van der Waals surface area contributed by atoms with Gasteiger partial charge in [-0.2, -0.15) is 0 Å². The van der Waals surface area contributed by atoms with Gasteiger partial charge in [0, 0.05) is 23.3 Å². The second-order valence-corrected chi connectivity index (χ2v) is 8.85. The molecule has 1 N–H and O–H groups in total. The van der Waals surface area contributed by atoms with Crippen LogP contribution in [0.25, 0.3) is 0 Å². The minimum Gasteiger partial charge on any atom is -0.354 e. The SMILES string of the molecule is CCCCNC(=O)[C@H](C)N(Cc1ccccc1)C(=O)CSCc1ccc(Br)cc1. The van der Waals surface area contributed by atoms with E-state index >= 15 is 0 Å². The van der Waals surface area contributed by atoms with Crippen LogP contribution in [0.15, 0.2) is 59.1 Å². The number of nitrogens with zero attached hydrogens (tertiary/aromatic N) is 1. The van der Waals surface area contributed by atoms with Gasteiger partial charge >= 0.3 is 0 Å². The van der Waals surface area contributed by atoms with Crippen molar-refractivity contribution in [2.45, 2.75) is 45.0 Å². The molecule has 2 rings (SSSR count). The summed E-state index contributed by atoms with van der Waals surface area (Å²) in [5, 5.41) is 2.95. The van der Waals surface area contributed by atoms with Crippen LogP contribution in [0.1, 0.15) is 37.8 Å². The number of carbonyl (C=O) groups excluding carboxylic acids is 2. The number of halogens is 1. The minimum absolute atomic E-state index is 0.0193. The molecule has 2 amide bonds. The Bertz CT molecular complexity index is 768. The summed E-state index contributed by atoms with van der Waals surface area (Å²) in [6, 6.07) is 17.4. The lowest BCUT2D eigenvalue weighted by Gasteiger charge is -2.28. The molecule has 2 aromatic rings. The molecule has 0 heterocycles. The molecular formula is C23H29BrN2O2S. The van der Waals surface area contributed by atoms with E-state index in [4.69, 9.17) is 0 Å². The number of unbranched alkanes of at least 4 members (excludes halogenated alkanes) is 1. The molecule has 6 heteroatoms. The van der Waals surface area contributed by atoms with Crippen LogP contribution in [0.5, 0.6) is 0 Å². The van der Waals surface area contributed by atoms with Gasteiger partial charge in [0.2, 0.25) is 11.8 Å². The smallest absolute Gasteiger partial charge is 0.242 e. The Morgan fingerprint density at radius 2 is 1.76 bits per heavy atom. The number of benzene rings is 2. The maximum Gasteiger partial charge on any atom is 0.242 e. The van der Waals surface area contributed by atoms with E-state index in [0.29, 0.717) is 18.8 Å². The van der Waals surface area contributed by atoms with Crippen LogP contribution in [-0.2, 0) is 21.9 Å². The standard InChI is InChI=1S/C23H29BrN2O2S/c1-3-4-14-25-23(28)18(2)26(15-19-8-6-5-7-9-19)22(27)17-29-16-20-10-12-21(24)13-11-20/h5-13,18H,3-4,14-17H2,1-2H3,(H,25,28)/t18-/m0/s1. The summed E-state index contributed by atoms with van der Waals surface area (Å²) in [4.78, 5) is 27.2. The van der Waals surface area contributed by atoms with Gasteiger partial charge in [-0.15, -0.1) is 11.8 Å². The van der Waals surface area contributed by atoms with Crippen LogP contribution in [0, 0.1) is 0 Å². The van der Waals surface area contributed by atoms with E-state index in [1.54, 1.807) is 16.7 Å². The van der Waals surface area contributed by atoms with Crippen molar-refractivity contribution in [2.24, 2.45) is 0 Å². The Hall–Kier alpha value is -1.79. The largest absolute Gasteiger partial charge is 0.354 e. The quantitative estimate of drug-likeness (QED) is 0.463. The third-order valence-electron chi connectivity index (χ3n) is 4.60. The fourth-order valence-electron chi connectivity index (χ4n) is 2.82. The molecule has 4 nitrogen and oxygen atoms in total. The molecule has 0 fully saturated rings. The molecule has 29 heavy (non-hydrogen) atoms. The highest BCUT2D eigenvalue weighted by atomic mass is 79.9. The maximum absolute atomic E-state index is 13.0. The molecule has 0 unspecified atom stereocenters. The first-order chi connectivity index (χ1) is 14.0. The van der Waals surface area contributed by atoms with Crippen molar-refractivity contribution in [3.63, 3.8) is 0 Å². The highest BCUT2D eigenvalue weighted by Crippen LogP contribution is 2.18. The lowest BCUT2D eigenvalue weighted by molar-refractivity contribution is -0.138. The Balaban J connectivity index is 1.99. The van der Waals surface area contributed by atoms with Gasteiger partial charge in [-0.1, -0.05) is 71.7 Å². The molecule has 0 saturated carbocycles. The van der Waals surface area contributed by atoms with Crippen LogP contribution in [0.2, 0.25) is 0 Å². The van der Waals surface area contributed by atoms with E-state index < -0.39 is 6.04 Å². The van der Waals surface area contributed by atoms with Crippen molar-refractivity contribution in [3.05, 3.63) is 70.2 Å². The normalized spacial score (nSPS) is 11.7. The molecule has 2 aromatic carbocycles. The predicted molar refractivity (Wildman–Crippen MR) is 125 cm³/mol. The number of hydrogen-bond donors (Lipinski definition) is 1. The van der Waals surface area contributed by atoms with Crippen LogP contribution >= 0.6 is 27.7 Å². The van der Waals surface area contributed by atoms with Crippen LogP contribution in [0.4, 0.5) is 0 Å². The Morgan fingerprint density at radius 3 is 2.41 bits per heavy atom. The van der Waals surface area contributed by atoms with E-state index in [2.05, 4.69) is 28.2 Å². The van der Waals surface area contributed by atoms with E-state index in [0.717, 1.165) is 28.6 Å². The highest BCUT2D eigenvalue weighted by Gasteiger charge is 2.25. The van der Waals surface area contributed by atoms with E-state index in [1.165, 1.54) is 5.56 Å². The average Bonchev–Trinajstić information content (AvgIpc) is 2.73. The van der Waals surface area contributed by atoms with E-state index in [9.17, 15) is 9.59 Å². The van der Waals surface area contributed by atoms with Crippen molar-refractivity contribution in [2.75, 3.05) is 12.3 Å². The number of nitrogens with one attached hydrogen (secondary N) is 1. The van der Waals surface area contributed by atoms with Gasteiger partial charge in [-0.3, -0.25) is 9.59 Å². The number of amides is 2. The van der Waals surface area contributed by atoms with Gasteiger partial charge in [-0.05, 0) is 36.6 Å². The van der Waals surface area contributed by atoms with Gasteiger partial charge in [0.15, 0.2) is 0 Å². The Morgan fingerprint density at radius 1 is 1.07 bits per heavy atom. The molecule has 0 aromatic heterocycles. The van der Waals surface area contributed by atoms with Crippen molar-refractivity contribution < 1.29 is 9.59 Å². The number of thioether (sulfide) groups is 1. The van der Waals surface area contributed by atoms with Crippen molar-refractivity contribution in [1.29, 1.82) is 0 Å². The molecule has 0 spiro atoms. The zero-order chi connectivity index (χ0) is 21.1. The van der Waals surface area contributed by atoms with Gasteiger partial charge in [0.05, 0.1) is 5.75 Å². The summed E-state index contributed by atoms with van der Waals surface area (Å²) in [6.45, 7) is 4.97. The Kier molecular flexibility index (Phi) is 10.3. The molecule has 0 aliphatic heterocycles. The summed E-state index contributed by atoms with van der Waals surface area (Å²) >= 11 is 5.01. The summed E-state index contributed by atoms with van der Waals surface area (Å²) < 4.78 is 1.04. The second-order valence-electron chi connectivity index (χ2n) is 6.95. The summed E-state index contributed by atoms with van der Waals surface area (Å²) in [5.41, 5.74) is 2.19. The number of rotatable bonds is 11. The Labute approximate surface area is 186 Å². The molecule has 0 saturated heterocycles. The lowest BCUT2D eigenvalue weighted by Crippen LogP contribution is -2.48. The van der Waals surface area contributed by atoms with Crippen molar-refractivity contribution >= 4 is 39.5 Å². The average molecular weight is 477 g/mol. The molecule has 0 radical (unpaired) electrons. The molecular weight excluding hydrogens is 448 g/mol. The molecule has 1 atom stereocenters. The fourth-order valence-corrected chi connectivity index (χ4v) is 3.95. The van der Waals surface area contributed by atoms with Crippen LogP contribution in [-0.4, -0.2) is 35.1 Å². The second kappa shape index (κ2) is 12.7. The molecule has 156 valence electrons. The topological polar surface area (TPSA) is 49.4 Å². The first-order valence-electron chi connectivity index (χ1n) is 9.94. The van der Waals surface area contributed by atoms with Crippen LogP contribution in [0.3, 0.4) is 0 Å². The van der Waals surface area contributed by atoms with Gasteiger partial charge in [0.25, 0.3) is 0 Å². The van der Waals surface area contributed by atoms with Crippen molar-refractivity contribution in [3.8, 4) is 0 Å². The van der Waals surface area contributed by atoms with E-state index in [1.807, 2.05) is 61.5 Å². The van der Waals surface area contributed by atoms with Gasteiger partial charge < -0.3 is 10.2 Å². The third kappa shape index (κ3) is 8.23. The predicted octanol–water partition coefficient (Wildman–Crippen LogP) is 5.02. The molecule has 0 bridgehead atoms. The minimum atomic E-state index is -0.507. The monoisotopic (exact) mass is 476 g/mol. The summed E-state index contributed by atoms with van der Waals surface area (Å²) in [5.74, 6) is 0.986.